The maximum atomic E-state index is 11.7. The number of amides is 1. The Kier molecular flexibility index (Phi) is 7.91. The van der Waals surface area contributed by atoms with E-state index >= 15 is 0 Å². The molecule has 1 amide bonds. The highest BCUT2D eigenvalue weighted by molar-refractivity contribution is 5.83. The van der Waals surface area contributed by atoms with E-state index in [0.29, 0.717) is 6.42 Å². The van der Waals surface area contributed by atoms with Crippen molar-refractivity contribution in [2.75, 3.05) is 20.3 Å². The zero-order chi connectivity index (χ0) is 13.3. The lowest BCUT2D eigenvalue weighted by Crippen LogP contribution is -2.71. The fourth-order valence-corrected chi connectivity index (χ4v) is 0.842. The van der Waals surface area contributed by atoms with Gasteiger partial charge in [-0.1, -0.05) is 12.2 Å². The number of hydrogen-bond acceptors (Lipinski definition) is 8. The largest absolute Gasteiger partial charge is 0.327 e. The first-order valence-corrected chi connectivity index (χ1v) is 5.16. The summed E-state index contributed by atoms with van der Waals surface area (Å²) in [7, 11) is 1.26. The zero-order valence-electron chi connectivity index (χ0n) is 10.2. The molecule has 0 aliphatic rings. The van der Waals surface area contributed by atoms with Crippen molar-refractivity contribution in [2.24, 2.45) is 5.73 Å². The van der Waals surface area contributed by atoms with Gasteiger partial charge in [0.15, 0.2) is 0 Å². The highest BCUT2D eigenvalue weighted by Gasteiger charge is 2.39. The highest BCUT2D eigenvalue weighted by Crippen LogP contribution is 2.00. The van der Waals surface area contributed by atoms with Crippen LogP contribution < -0.4 is 16.7 Å². The van der Waals surface area contributed by atoms with Gasteiger partial charge < -0.3 is 4.84 Å². The summed E-state index contributed by atoms with van der Waals surface area (Å²) in [5.41, 5.74) is 9.98. The van der Waals surface area contributed by atoms with Crippen LogP contribution in [-0.4, -0.2) is 42.5 Å². The van der Waals surface area contributed by atoms with Crippen LogP contribution >= 0.6 is 0 Å². The summed E-state index contributed by atoms with van der Waals surface area (Å²) in [6, 6.07) is 0. The predicted octanol–water partition coefficient (Wildman–Crippen LogP) is -1.15. The molecule has 5 N–H and O–H groups in total. The number of hydroxylamine groups is 4. The van der Waals surface area contributed by atoms with Crippen LogP contribution in [0.1, 0.15) is 20.3 Å². The summed E-state index contributed by atoms with van der Waals surface area (Å²) < 4.78 is 0. The van der Waals surface area contributed by atoms with E-state index < -0.39 is 11.7 Å². The van der Waals surface area contributed by atoms with E-state index in [1.54, 1.807) is 6.92 Å². The maximum absolute atomic E-state index is 11.7. The quantitative estimate of drug-likeness (QED) is 0.231. The molecular formula is C8H20N4O5. The SMILES string of the molecule is CCCON(O)C(=O)C(N)(NOC)NOCC. The van der Waals surface area contributed by atoms with E-state index in [2.05, 4.69) is 15.8 Å². The maximum Gasteiger partial charge on any atom is 0.327 e. The third kappa shape index (κ3) is 5.37. The minimum atomic E-state index is -1.95. The molecule has 0 spiro atoms. The van der Waals surface area contributed by atoms with Crippen molar-refractivity contribution in [1.82, 2.24) is 16.2 Å². The van der Waals surface area contributed by atoms with E-state index in [1.165, 1.54) is 7.11 Å². The Balaban J connectivity index is 4.50. The van der Waals surface area contributed by atoms with Gasteiger partial charge >= 0.3 is 5.91 Å². The topological polar surface area (TPSA) is 118 Å². The Morgan fingerprint density at radius 3 is 2.59 bits per heavy atom. The van der Waals surface area contributed by atoms with Gasteiger partial charge in [0.2, 0.25) is 0 Å². The summed E-state index contributed by atoms with van der Waals surface area (Å²) in [6.45, 7) is 3.94. The summed E-state index contributed by atoms with van der Waals surface area (Å²) in [5, 5.41) is 9.33. The fraction of sp³-hybridized carbons (Fsp3) is 0.875. The number of rotatable bonds is 9. The second-order valence-corrected chi connectivity index (χ2v) is 3.06. The number of carbonyl (C=O) groups is 1. The molecule has 9 nitrogen and oxygen atoms in total. The first kappa shape index (κ1) is 16.2. The number of nitrogens with one attached hydrogen (secondary N) is 2. The van der Waals surface area contributed by atoms with Crippen molar-refractivity contribution in [2.45, 2.75) is 26.1 Å². The third-order valence-corrected chi connectivity index (χ3v) is 1.57. The Morgan fingerprint density at radius 1 is 1.47 bits per heavy atom. The molecule has 0 aliphatic carbocycles. The van der Waals surface area contributed by atoms with Crippen molar-refractivity contribution in [3.63, 3.8) is 0 Å². The van der Waals surface area contributed by atoms with Crippen molar-refractivity contribution in [3.05, 3.63) is 0 Å². The van der Waals surface area contributed by atoms with E-state index in [4.69, 9.17) is 15.4 Å². The molecule has 0 bridgehead atoms. The molecule has 0 heterocycles. The Labute approximate surface area is 99.6 Å². The standard InChI is InChI=1S/C8H20N4O5/c1-4-6-17-12(14)7(13)8(9,10-15-3)11-16-5-2/h10-11,14H,4-6,9H2,1-3H3. The van der Waals surface area contributed by atoms with E-state index in [-0.39, 0.29) is 18.4 Å². The zero-order valence-corrected chi connectivity index (χ0v) is 10.2. The monoisotopic (exact) mass is 252 g/mol. The predicted molar refractivity (Wildman–Crippen MR) is 56.7 cm³/mol. The van der Waals surface area contributed by atoms with E-state index in [0.717, 1.165) is 0 Å². The Morgan fingerprint density at radius 2 is 2.12 bits per heavy atom. The fourth-order valence-electron chi connectivity index (χ4n) is 0.842. The molecule has 0 aromatic heterocycles. The minimum Gasteiger partial charge on any atom is -0.302 e. The first-order valence-electron chi connectivity index (χ1n) is 5.16. The summed E-state index contributed by atoms with van der Waals surface area (Å²) >= 11 is 0. The average molecular weight is 252 g/mol. The van der Waals surface area contributed by atoms with Crippen LogP contribution in [0.25, 0.3) is 0 Å². The molecule has 0 rings (SSSR count). The van der Waals surface area contributed by atoms with Crippen molar-refractivity contribution < 1.29 is 24.5 Å². The van der Waals surface area contributed by atoms with Crippen LogP contribution in [0.4, 0.5) is 0 Å². The van der Waals surface area contributed by atoms with Gasteiger partial charge in [0.1, 0.15) is 0 Å². The molecule has 0 aliphatic heterocycles. The number of hydrogen-bond donors (Lipinski definition) is 4. The third-order valence-electron chi connectivity index (χ3n) is 1.57. The highest BCUT2D eigenvalue weighted by atomic mass is 16.9. The first-order chi connectivity index (χ1) is 8.01. The molecule has 0 aromatic rings. The van der Waals surface area contributed by atoms with Gasteiger partial charge in [0.25, 0.3) is 5.79 Å². The van der Waals surface area contributed by atoms with Crippen molar-refractivity contribution >= 4 is 5.91 Å². The summed E-state index contributed by atoms with van der Waals surface area (Å²) in [6.07, 6.45) is 0.624. The normalized spacial score (nSPS) is 14.4. The van der Waals surface area contributed by atoms with Crippen LogP contribution in [0.3, 0.4) is 0 Å². The minimum absolute atomic E-state index is 0.0293. The molecule has 1 atom stereocenters. The molecule has 0 radical (unpaired) electrons. The van der Waals surface area contributed by atoms with Crippen LogP contribution in [-0.2, 0) is 19.3 Å². The lowest BCUT2D eigenvalue weighted by molar-refractivity contribution is -0.324. The molecule has 0 fully saturated rings. The van der Waals surface area contributed by atoms with Crippen LogP contribution in [0, 0.1) is 0 Å². The van der Waals surface area contributed by atoms with Crippen molar-refractivity contribution in [1.29, 1.82) is 0 Å². The van der Waals surface area contributed by atoms with Gasteiger partial charge in [-0.05, 0) is 13.3 Å². The smallest absolute Gasteiger partial charge is 0.302 e. The molecular weight excluding hydrogens is 232 g/mol. The molecule has 9 heteroatoms. The number of nitrogens with two attached hydrogens (primary N) is 1. The van der Waals surface area contributed by atoms with Gasteiger partial charge in [-0.15, -0.1) is 0 Å². The molecule has 1 unspecified atom stereocenters. The van der Waals surface area contributed by atoms with Crippen molar-refractivity contribution in [3.8, 4) is 0 Å². The van der Waals surface area contributed by atoms with E-state index in [1.807, 2.05) is 6.92 Å². The van der Waals surface area contributed by atoms with Crippen LogP contribution in [0.5, 0.6) is 0 Å². The van der Waals surface area contributed by atoms with Gasteiger partial charge in [0.05, 0.1) is 20.3 Å². The van der Waals surface area contributed by atoms with Crippen LogP contribution in [0.2, 0.25) is 0 Å². The molecule has 0 saturated carbocycles. The van der Waals surface area contributed by atoms with E-state index in [9.17, 15) is 10.0 Å². The summed E-state index contributed by atoms with van der Waals surface area (Å²) in [5.74, 6) is -2.96. The Hall–Kier alpha value is -0.810. The van der Waals surface area contributed by atoms with Gasteiger partial charge in [-0.25, -0.2) is 4.84 Å². The second kappa shape index (κ2) is 8.31. The Bertz CT molecular complexity index is 230. The van der Waals surface area contributed by atoms with Gasteiger partial charge in [-0.2, -0.15) is 11.0 Å². The van der Waals surface area contributed by atoms with Crippen LogP contribution in [0.15, 0.2) is 0 Å². The summed E-state index contributed by atoms with van der Waals surface area (Å²) in [4.78, 5) is 25.7. The average Bonchev–Trinajstić information content (AvgIpc) is 2.32. The van der Waals surface area contributed by atoms with Gasteiger partial charge in [-0.3, -0.25) is 20.6 Å². The molecule has 0 saturated heterocycles. The number of carbonyl (C=O) groups excluding carboxylic acids is 1. The molecule has 102 valence electrons. The lowest BCUT2D eigenvalue weighted by atomic mass is 10.4. The van der Waals surface area contributed by atoms with Gasteiger partial charge in [0, 0.05) is 0 Å². The lowest BCUT2D eigenvalue weighted by Gasteiger charge is -2.30. The molecule has 17 heavy (non-hydrogen) atoms. The number of nitrogens with zero attached hydrogens (tertiary/aromatic N) is 1. The molecule has 0 aromatic carbocycles. The second-order valence-electron chi connectivity index (χ2n) is 3.06.